The van der Waals surface area contributed by atoms with E-state index < -0.39 is 0 Å². The van der Waals surface area contributed by atoms with Crippen molar-refractivity contribution in [1.29, 1.82) is 0 Å². The van der Waals surface area contributed by atoms with Gasteiger partial charge in [-0.2, -0.15) is 0 Å². The molecule has 2 aromatic heterocycles. The van der Waals surface area contributed by atoms with Crippen LogP contribution < -0.4 is 10.1 Å². The largest absolute Gasteiger partial charge is 0.495 e. The van der Waals surface area contributed by atoms with Gasteiger partial charge < -0.3 is 14.5 Å². The van der Waals surface area contributed by atoms with Crippen LogP contribution in [0.4, 0.5) is 5.69 Å². The molecule has 2 heterocycles. The number of aromatic nitrogens is 1. The maximum Gasteiger partial charge on any atom is 0.274 e. The third kappa shape index (κ3) is 2.65. The molecule has 0 fully saturated rings. The molecule has 0 atom stereocenters. The summed E-state index contributed by atoms with van der Waals surface area (Å²) in [5.74, 6) is 0.257. The van der Waals surface area contributed by atoms with Crippen LogP contribution in [-0.4, -0.2) is 18.0 Å². The standard InChI is InChI=1S/C23H16N2O3/c1-27-22-12-16-15-7-3-5-9-20(15)28-21(16)13-19(22)25-23(26)18-11-10-14-6-2-4-8-17(14)24-18/h2-13H,1H3,(H,25,26). The van der Waals surface area contributed by atoms with Gasteiger partial charge in [0.2, 0.25) is 0 Å². The highest BCUT2D eigenvalue weighted by Crippen LogP contribution is 2.36. The van der Waals surface area contributed by atoms with Crippen molar-refractivity contribution < 1.29 is 13.9 Å². The van der Waals surface area contributed by atoms with Crippen molar-refractivity contribution in [2.24, 2.45) is 0 Å². The van der Waals surface area contributed by atoms with E-state index >= 15 is 0 Å². The first-order valence-electron chi connectivity index (χ1n) is 8.89. The second-order valence-corrected chi connectivity index (χ2v) is 6.49. The van der Waals surface area contributed by atoms with Crippen LogP contribution in [0, 0.1) is 0 Å². The summed E-state index contributed by atoms with van der Waals surface area (Å²) in [5.41, 5.74) is 3.12. The first-order valence-corrected chi connectivity index (χ1v) is 8.89. The molecule has 0 aliphatic rings. The Morgan fingerprint density at radius 1 is 0.929 bits per heavy atom. The number of furan rings is 1. The monoisotopic (exact) mass is 368 g/mol. The van der Waals surface area contributed by atoms with Gasteiger partial charge in [-0.1, -0.05) is 42.5 Å². The number of hydrogen-bond donors (Lipinski definition) is 1. The minimum absolute atomic E-state index is 0.306. The van der Waals surface area contributed by atoms with Gasteiger partial charge in [-0.3, -0.25) is 4.79 Å². The van der Waals surface area contributed by atoms with Gasteiger partial charge in [-0.15, -0.1) is 0 Å². The molecule has 0 aliphatic heterocycles. The van der Waals surface area contributed by atoms with Crippen LogP contribution in [-0.2, 0) is 0 Å². The molecule has 0 unspecified atom stereocenters. The number of benzene rings is 3. The highest BCUT2D eigenvalue weighted by Gasteiger charge is 2.15. The molecule has 1 N–H and O–H groups in total. The first kappa shape index (κ1) is 16.3. The van der Waals surface area contributed by atoms with Crippen LogP contribution in [0.2, 0.25) is 0 Å². The molecule has 5 aromatic rings. The maximum atomic E-state index is 12.8. The van der Waals surface area contributed by atoms with Gasteiger partial charge in [-0.05, 0) is 24.3 Å². The summed E-state index contributed by atoms with van der Waals surface area (Å²) in [7, 11) is 1.58. The number of para-hydroxylation sites is 2. The molecule has 3 aromatic carbocycles. The second-order valence-electron chi connectivity index (χ2n) is 6.49. The van der Waals surface area contributed by atoms with Crippen molar-refractivity contribution >= 4 is 44.4 Å². The number of rotatable bonds is 3. The van der Waals surface area contributed by atoms with Crippen molar-refractivity contribution in [3.8, 4) is 5.75 Å². The number of nitrogens with one attached hydrogen (secondary N) is 1. The number of carbonyl (C=O) groups is 1. The smallest absolute Gasteiger partial charge is 0.274 e. The van der Waals surface area contributed by atoms with E-state index in [1.54, 1.807) is 19.2 Å². The molecule has 0 bridgehead atoms. The fourth-order valence-corrected chi connectivity index (χ4v) is 3.40. The number of anilines is 1. The van der Waals surface area contributed by atoms with Crippen molar-refractivity contribution in [3.05, 3.63) is 78.5 Å². The van der Waals surface area contributed by atoms with Crippen LogP contribution in [0.25, 0.3) is 32.8 Å². The highest BCUT2D eigenvalue weighted by molar-refractivity contribution is 6.09. The quantitative estimate of drug-likeness (QED) is 0.463. The molecule has 0 saturated heterocycles. The molecular weight excluding hydrogens is 352 g/mol. The lowest BCUT2D eigenvalue weighted by atomic mass is 10.1. The highest BCUT2D eigenvalue weighted by atomic mass is 16.5. The number of hydrogen-bond acceptors (Lipinski definition) is 4. The third-order valence-corrected chi connectivity index (χ3v) is 4.78. The summed E-state index contributed by atoms with van der Waals surface area (Å²) in [6, 6.07) is 22.7. The Bertz CT molecular complexity index is 1350. The number of nitrogens with zero attached hydrogens (tertiary/aromatic N) is 1. The van der Waals surface area contributed by atoms with Crippen molar-refractivity contribution in [2.45, 2.75) is 0 Å². The second kappa shape index (κ2) is 6.39. The Morgan fingerprint density at radius 3 is 2.64 bits per heavy atom. The predicted octanol–water partition coefficient (Wildman–Crippen LogP) is 5.40. The number of carbonyl (C=O) groups excluding carboxylic acids is 1. The topological polar surface area (TPSA) is 64.4 Å². The summed E-state index contributed by atoms with van der Waals surface area (Å²) in [6.45, 7) is 0. The van der Waals surface area contributed by atoms with Gasteiger partial charge in [0.1, 0.15) is 22.6 Å². The molecule has 28 heavy (non-hydrogen) atoms. The lowest BCUT2D eigenvalue weighted by Crippen LogP contribution is -2.14. The van der Waals surface area contributed by atoms with Crippen molar-refractivity contribution in [2.75, 3.05) is 12.4 Å². The predicted molar refractivity (Wildman–Crippen MR) is 110 cm³/mol. The average molecular weight is 368 g/mol. The number of fused-ring (bicyclic) bond motifs is 4. The molecule has 0 spiro atoms. The fourth-order valence-electron chi connectivity index (χ4n) is 3.40. The lowest BCUT2D eigenvalue weighted by Gasteiger charge is -2.10. The zero-order chi connectivity index (χ0) is 19.1. The van der Waals surface area contributed by atoms with Gasteiger partial charge >= 0.3 is 0 Å². The van der Waals surface area contributed by atoms with E-state index in [-0.39, 0.29) is 5.91 Å². The van der Waals surface area contributed by atoms with E-state index in [1.165, 1.54) is 0 Å². The maximum absolute atomic E-state index is 12.8. The molecule has 0 radical (unpaired) electrons. The number of amides is 1. The minimum Gasteiger partial charge on any atom is -0.495 e. The number of pyridine rings is 1. The summed E-state index contributed by atoms with van der Waals surface area (Å²) in [4.78, 5) is 17.2. The van der Waals surface area contributed by atoms with E-state index in [1.807, 2.05) is 60.7 Å². The van der Waals surface area contributed by atoms with Gasteiger partial charge in [-0.25, -0.2) is 4.98 Å². The van der Waals surface area contributed by atoms with Gasteiger partial charge in [0.25, 0.3) is 5.91 Å². The number of methoxy groups -OCH3 is 1. The molecule has 136 valence electrons. The van der Waals surface area contributed by atoms with E-state index in [4.69, 9.17) is 9.15 Å². The van der Waals surface area contributed by atoms with Crippen LogP contribution in [0.3, 0.4) is 0 Å². The molecular formula is C23H16N2O3. The fraction of sp³-hybridized carbons (Fsp3) is 0.0435. The van der Waals surface area contributed by atoms with E-state index in [0.29, 0.717) is 22.7 Å². The summed E-state index contributed by atoms with van der Waals surface area (Å²) < 4.78 is 11.4. The van der Waals surface area contributed by atoms with Crippen LogP contribution in [0.5, 0.6) is 5.75 Å². The van der Waals surface area contributed by atoms with Crippen LogP contribution in [0.15, 0.2) is 77.2 Å². The van der Waals surface area contributed by atoms with Crippen LogP contribution in [0.1, 0.15) is 10.5 Å². The molecule has 1 amide bonds. The Labute approximate surface area is 160 Å². The zero-order valence-corrected chi connectivity index (χ0v) is 15.1. The van der Waals surface area contributed by atoms with Crippen molar-refractivity contribution in [3.63, 3.8) is 0 Å². The third-order valence-electron chi connectivity index (χ3n) is 4.78. The Kier molecular flexibility index (Phi) is 3.72. The Hall–Kier alpha value is -3.86. The van der Waals surface area contributed by atoms with Gasteiger partial charge in [0.15, 0.2) is 0 Å². The minimum atomic E-state index is -0.306. The molecule has 5 rings (SSSR count). The molecule has 5 nitrogen and oxygen atoms in total. The zero-order valence-electron chi connectivity index (χ0n) is 15.1. The van der Waals surface area contributed by atoms with E-state index in [2.05, 4.69) is 10.3 Å². The van der Waals surface area contributed by atoms with Gasteiger partial charge in [0, 0.05) is 22.2 Å². The molecule has 0 saturated carbocycles. The number of ether oxygens (including phenoxy) is 1. The Balaban J connectivity index is 1.55. The van der Waals surface area contributed by atoms with Crippen molar-refractivity contribution in [1.82, 2.24) is 4.98 Å². The van der Waals surface area contributed by atoms with E-state index in [9.17, 15) is 4.79 Å². The lowest BCUT2D eigenvalue weighted by molar-refractivity contribution is 0.102. The van der Waals surface area contributed by atoms with Crippen LogP contribution >= 0.6 is 0 Å². The van der Waals surface area contributed by atoms with E-state index in [0.717, 1.165) is 27.3 Å². The first-order chi connectivity index (χ1) is 13.7. The summed E-state index contributed by atoms with van der Waals surface area (Å²) in [5, 5.41) is 5.82. The molecule has 0 aliphatic carbocycles. The van der Waals surface area contributed by atoms with Gasteiger partial charge in [0.05, 0.1) is 18.3 Å². The summed E-state index contributed by atoms with van der Waals surface area (Å²) >= 11 is 0. The SMILES string of the molecule is COc1cc2c(cc1NC(=O)c1ccc3ccccc3n1)oc1ccccc12. The average Bonchev–Trinajstić information content (AvgIpc) is 3.10. The Morgan fingerprint density at radius 2 is 1.75 bits per heavy atom. The summed E-state index contributed by atoms with van der Waals surface area (Å²) in [6.07, 6.45) is 0. The normalized spacial score (nSPS) is 11.2. The molecule has 5 heteroatoms.